The number of ether oxygens (including phenoxy) is 1. The Kier molecular flexibility index (Phi) is 6.70. The fourth-order valence-corrected chi connectivity index (χ4v) is 4.50. The second kappa shape index (κ2) is 9.64. The molecule has 1 aromatic heterocycles. The van der Waals surface area contributed by atoms with E-state index >= 15 is 0 Å². The topological polar surface area (TPSA) is 70.6 Å². The number of benzene rings is 1. The number of nitrogens with zero attached hydrogens (tertiary/aromatic N) is 4. The first-order valence-corrected chi connectivity index (χ1v) is 11.3. The second-order valence-corrected chi connectivity index (χ2v) is 8.61. The van der Waals surface area contributed by atoms with Crippen LogP contribution in [0.5, 0.6) is 5.75 Å². The molecule has 1 N–H and O–H groups in total. The number of piperidine rings is 1. The average molecular weight is 424 g/mol. The minimum Gasteiger partial charge on any atom is -0.491 e. The summed E-state index contributed by atoms with van der Waals surface area (Å²) in [5, 5.41) is 3.50. The molecule has 7 nitrogen and oxygen atoms in total. The van der Waals surface area contributed by atoms with Crippen molar-refractivity contribution in [1.29, 1.82) is 0 Å². The van der Waals surface area contributed by atoms with Crippen molar-refractivity contribution in [2.24, 2.45) is 0 Å². The average Bonchev–Trinajstić information content (AvgIpc) is 2.77. The zero-order valence-corrected chi connectivity index (χ0v) is 18.9. The zero-order chi connectivity index (χ0) is 21.8. The van der Waals surface area contributed by atoms with Crippen LogP contribution in [0.15, 0.2) is 24.3 Å². The number of nitrogens with one attached hydrogen (secondary N) is 1. The molecule has 31 heavy (non-hydrogen) atoms. The summed E-state index contributed by atoms with van der Waals surface area (Å²) in [6, 6.07) is 8.02. The third kappa shape index (κ3) is 4.98. The molecule has 166 valence electrons. The van der Waals surface area contributed by atoms with Crippen molar-refractivity contribution in [3.8, 4) is 5.75 Å². The van der Waals surface area contributed by atoms with Gasteiger partial charge in [0.15, 0.2) is 5.82 Å². The SMILES string of the molecule is CC(=O)N1CCCCC1c1nc2c(c(NCCOc3ccccc3C)n1)CCN(C)C2. The van der Waals surface area contributed by atoms with Gasteiger partial charge in [0, 0.05) is 32.1 Å². The normalized spacial score (nSPS) is 19.1. The number of anilines is 1. The van der Waals surface area contributed by atoms with Crippen molar-refractivity contribution in [3.63, 3.8) is 0 Å². The van der Waals surface area contributed by atoms with Crippen molar-refractivity contribution in [2.45, 2.75) is 52.1 Å². The summed E-state index contributed by atoms with van der Waals surface area (Å²) in [7, 11) is 2.12. The number of hydrogen-bond acceptors (Lipinski definition) is 6. The Labute approximate surface area is 184 Å². The predicted octanol–water partition coefficient (Wildman–Crippen LogP) is 3.34. The fraction of sp³-hybridized carbons (Fsp3) is 0.542. The molecule has 2 aliphatic rings. The maximum Gasteiger partial charge on any atom is 0.220 e. The van der Waals surface area contributed by atoms with Crippen molar-refractivity contribution in [2.75, 3.05) is 38.6 Å². The quantitative estimate of drug-likeness (QED) is 0.719. The molecule has 1 atom stereocenters. The highest BCUT2D eigenvalue weighted by Gasteiger charge is 2.30. The van der Waals surface area contributed by atoms with Gasteiger partial charge in [-0.1, -0.05) is 18.2 Å². The fourth-order valence-electron chi connectivity index (χ4n) is 4.50. The molecule has 1 amide bonds. The Morgan fingerprint density at radius 2 is 2.06 bits per heavy atom. The lowest BCUT2D eigenvalue weighted by atomic mass is 10.00. The van der Waals surface area contributed by atoms with E-state index in [4.69, 9.17) is 14.7 Å². The standard InChI is InChI=1S/C24H33N5O2/c1-17-8-4-5-10-22(17)31-15-12-25-23-19-11-14-28(3)16-20(19)26-24(27-23)21-9-6-7-13-29(21)18(2)30/h4-5,8,10,21H,6-7,9,11-16H2,1-3H3,(H,25,26,27). The van der Waals surface area contributed by atoms with Gasteiger partial charge in [0.2, 0.25) is 5.91 Å². The lowest BCUT2D eigenvalue weighted by Crippen LogP contribution is -2.38. The van der Waals surface area contributed by atoms with Gasteiger partial charge < -0.3 is 19.9 Å². The highest BCUT2D eigenvalue weighted by atomic mass is 16.5. The Hall–Kier alpha value is -2.67. The summed E-state index contributed by atoms with van der Waals surface area (Å²) in [5.74, 6) is 2.68. The molecule has 3 heterocycles. The molecule has 4 rings (SSSR count). The summed E-state index contributed by atoms with van der Waals surface area (Å²) in [6.07, 6.45) is 3.99. The summed E-state index contributed by atoms with van der Waals surface area (Å²) < 4.78 is 5.95. The molecule has 0 saturated carbocycles. The smallest absolute Gasteiger partial charge is 0.220 e. The van der Waals surface area contributed by atoms with Gasteiger partial charge in [0.05, 0.1) is 18.3 Å². The van der Waals surface area contributed by atoms with Gasteiger partial charge >= 0.3 is 0 Å². The monoisotopic (exact) mass is 423 g/mol. The Balaban J connectivity index is 1.53. The minimum atomic E-state index is -0.0347. The number of hydrogen-bond donors (Lipinski definition) is 1. The number of fused-ring (bicyclic) bond motifs is 1. The van der Waals surface area contributed by atoms with Crippen LogP contribution in [-0.2, 0) is 17.8 Å². The maximum absolute atomic E-state index is 12.2. The largest absolute Gasteiger partial charge is 0.491 e. The number of likely N-dealkylation sites (N-methyl/N-ethyl adjacent to an activating group) is 1. The van der Waals surface area contributed by atoms with Crippen molar-refractivity contribution >= 4 is 11.7 Å². The van der Waals surface area contributed by atoms with Gasteiger partial charge in [0.25, 0.3) is 0 Å². The van der Waals surface area contributed by atoms with Crippen LogP contribution in [0.1, 0.15) is 54.9 Å². The van der Waals surface area contributed by atoms with Gasteiger partial charge in [-0.15, -0.1) is 0 Å². The first kappa shape index (κ1) is 21.6. The predicted molar refractivity (Wildman–Crippen MR) is 121 cm³/mol. The van der Waals surface area contributed by atoms with Gasteiger partial charge in [0.1, 0.15) is 18.2 Å². The van der Waals surface area contributed by atoms with E-state index in [0.29, 0.717) is 13.2 Å². The van der Waals surface area contributed by atoms with E-state index in [1.54, 1.807) is 6.92 Å². The molecule has 7 heteroatoms. The number of amides is 1. The molecule has 1 saturated heterocycles. The van der Waals surface area contributed by atoms with E-state index in [0.717, 1.165) is 74.0 Å². The van der Waals surface area contributed by atoms with E-state index in [1.165, 1.54) is 5.56 Å². The lowest BCUT2D eigenvalue weighted by Gasteiger charge is -2.35. The van der Waals surface area contributed by atoms with E-state index in [2.05, 4.69) is 30.3 Å². The first-order valence-electron chi connectivity index (χ1n) is 11.3. The van der Waals surface area contributed by atoms with Crippen molar-refractivity contribution < 1.29 is 9.53 Å². The molecular formula is C24H33N5O2. The minimum absolute atomic E-state index is 0.0347. The molecule has 1 fully saturated rings. The number of likely N-dealkylation sites (tertiary alicyclic amines) is 1. The molecule has 2 aliphatic heterocycles. The van der Waals surface area contributed by atoms with Crippen molar-refractivity contribution in [3.05, 3.63) is 46.9 Å². The molecule has 0 spiro atoms. The first-order chi connectivity index (χ1) is 15.0. The summed E-state index contributed by atoms with van der Waals surface area (Å²) in [5.41, 5.74) is 3.41. The molecule has 2 aromatic rings. The van der Waals surface area contributed by atoms with Crippen LogP contribution in [-0.4, -0.2) is 59.0 Å². The van der Waals surface area contributed by atoms with Crippen LogP contribution in [0.25, 0.3) is 0 Å². The van der Waals surface area contributed by atoms with Crippen LogP contribution < -0.4 is 10.1 Å². The van der Waals surface area contributed by atoms with Gasteiger partial charge in [-0.25, -0.2) is 9.97 Å². The number of para-hydroxylation sites is 1. The highest BCUT2D eigenvalue weighted by molar-refractivity contribution is 5.73. The number of rotatable bonds is 6. The third-order valence-corrected chi connectivity index (χ3v) is 6.22. The van der Waals surface area contributed by atoms with Crippen molar-refractivity contribution in [1.82, 2.24) is 19.8 Å². The summed E-state index contributed by atoms with van der Waals surface area (Å²) in [4.78, 5) is 26.3. The van der Waals surface area contributed by atoms with Gasteiger partial charge in [-0.05, 0) is 51.3 Å². The van der Waals surface area contributed by atoms with Gasteiger partial charge in [-0.3, -0.25) is 4.79 Å². The van der Waals surface area contributed by atoms with Crippen LogP contribution in [0.3, 0.4) is 0 Å². The number of carbonyl (C=O) groups excluding carboxylic acids is 1. The molecule has 1 aromatic carbocycles. The Bertz CT molecular complexity index is 932. The second-order valence-electron chi connectivity index (χ2n) is 8.61. The van der Waals surface area contributed by atoms with E-state index in [9.17, 15) is 4.79 Å². The Morgan fingerprint density at radius 3 is 2.87 bits per heavy atom. The number of aromatic nitrogens is 2. The van der Waals surface area contributed by atoms with Gasteiger partial charge in [-0.2, -0.15) is 0 Å². The maximum atomic E-state index is 12.2. The van der Waals surface area contributed by atoms with Crippen LogP contribution in [0.4, 0.5) is 5.82 Å². The number of aryl methyl sites for hydroxylation is 1. The van der Waals surface area contributed by atoms with Crippen LogP contribution in [0.2, 0.25) is 0 Å². The Morgan fingerprint density at radius 1 is 1.23 bits per heavy atom. The summed E-state index contributed by atoms with van der Waals surface area (Å²) >= 11 is 0. The summed E-state index contributed by atoms with van der Waals surface area (Å²) in [6.45, 7) is 7.51. The number of carbonyl (C=O) groups is 1. The molecular weight excluding hydrogens is 390 g/mol. The molecule has 1 unspecified atom stereocenters. The van der Waals surface area contributed by atoms with Crippen LogP contribution >= 0.6 is 0 Å². The molecule has 0 radical (unpaired) electrons. The van der Waals surface area contributed by atoms with E-state index in [-0.39, 0.29) is 11.9 Å². The van der Waals surface area contributed by atoms with E-state index < -0.39 is 0 Å². The molecule has 0 bridgehead atoms. The zero-order valence-electron chi connectivity index (χ0n) is 18.9. The third-order valence-electron chi connectivity index (χ3n) is 6.22. The lowest BCUT2D eigenvalue weighted by molar-refractivity contribution is -0.132. The molecule has 0 aliphatic carbocycles. The van der Waals surface area contributed by atoms with E-state index in [1.807, 2.05) is 23.1 Å². The highest BCUT2D eigenvalue weighted by Crippen LogP contribution is 2.32. The van der Waals surface area contributed by atoms with Crippen LogP contribution in [0, 0.1) is 6.92 Å².